The van der Waals surface area contributed by atoms with Crippen molar-refractivity contribution in [3.05, 3.63) is 60.2 Å². The molecule has 0 bridgehead atoms. The molecule has 3 nitrogen and oxygen atoms in total. The van der Waals surface area contributed by atoms with E-state index in [0.29, 0.717) is 13.0 Å². The first kappa shape index (κ1) is 12.7. The molecule has 0 spiro atoms. The molecule has 1 atom stereocenters. The third kappa shape index (κ3) is 2.52. The summed E-state index contributed by atoms with van der Waals surface area (Å²) in [6, 6.07) is 18.3. The largest absolute Gasteiger partial charge is 0.380 e. The Balaban J connectivity index is 1.97. The second kappa shape index (κ2) is 5.37. The van der Waals surface area contributed by atoms with Crippen molar-refractivity contribution in [2.75, 3.05) is 10.2 Å². The molecule has 1 heterocycles. The highest BCUT2D eigenvalue weighted by atomic mass is 16.2. The summed E-state index contributed by atoms with van der Waals surface area (Å²) in [5.74, 6) is 0.166. The predicted octanol–water partition coefficient (Wildman–Crippen LogP) is 3.42. The molecule has 0 radical (unpaired) electrons. The van der Waals surface area contributed by atoms with Gasteiger partial charge < -0.3 is 10.2 Å². The van der Waals surface area contributed by atoms with Gasteiger partial charge in [-0.3, -0.25) is 4.79 Å². The Bertz CT molecular complexity index is 609. The average molecular weight is 266 g/mol. The monoisotopic (exact) mass is 266 g/mol. The lowest BCUT2D eigenvalue weighted by atomic mass is 10.1. The van der Waals surface area contributed by atoms with Gasteiger partial charge in [0.25, 0.3) is 0 Å². The van der Waals surface area contributed by atoms with E-state index in [0.717, 1.165) is 16.9 Å². The summed E-state index contributed by atoms with van der Waals surface area (Å²) >= 11 is 0. The number of carbonyl (C=O) groups excluding carboxylic acids is 1. The number of anilines is 2. The molecule has 1 aliphatic heterocycles. The van der Waals surface area contributed by atoms with Crippen molar-refractivity contribution in [3.63, 3.8) is 0 Å². The summed E-state index contributed by atoms with van der Waals surface area (Å²) < 4.78 is 0. The van der Waals surface area contributed by atoms with Crippen LogP contribution in [0.2, 0.25) is 0 Å². The van der Waals surface area contributed by atoms with Gasteiger partial charge >= 0.3 is 0 Å². The number of benzene rings is 2. The van der Waals surface area contributed by atoms with Crippen LogP contribution in [0.1, 0.15) is 18.9 Å². The van der Waals surface area contributed by atoms with Gasteiger partial charge in [0.15, 0.2) is 0 Å². The van der Waals surface area contributed by atoms with Crippen LogP contribution in [-0.2, 0) is 11.3 Å². The molecule has 1 unspecified atom stereocenters. The first-order chi connectivity index (χ1) is 9.74. The zero-order valence-electron chi connectivity index (χ0n) is 11.5. The van der Waals surface area contributed by atoms with Gasteiger partial charge in [-0.15, -0.1) is 0 Å². The van der Waals surface area contributed by atoms with E-state index in [1.54, 1.807) is 0 Å². The lowest BCUT2D eigenvalue weighted by molar-refractivity contribution is -0.118. The molecule has 2 aromatic carbocycles. The van der Waals surface area contributed by atoms with Crippen molar-refractivity contribution < 1.29 is 4.79 Å². The molecule has 1 aliphatic rings. The van der Waals surface area contributed by atoms with Crippen molar-refractivity contribution in [1.82, 2.24) is 0 Å². The van der Waals surface area contributed by atoms with Gasteiger partial charge in [-0.05, 0) is 24.6 Å². The zero-order valence-corrected chi connectivity index (χ0v) is 11.5. The van der Waals surface area contributed by atoms with Crippen LogP contribution < -0.4 is 10.2 Å². The summed E-state index contributed by atoms with van der Waals surface area (Å²) in [7, 11) is 0. The van der Waals surface area contributed by atoms with Gasteiger partial charge in [-0.2, -0.15) is 0 Å². The lowest BCUT2D eigenvalue weighted by Gasteiger charge is -2.22. The molecule has 3 rings (SSSR count). The second-order valence-corrected chi connectivity index (χ2v) is 5.23. The highest BCUT2D eigenvalue weighted by Crippen LogP contribution is 2.31. The molecule has 20 heavy (non-hydrogen) atoms. The topological polar surface area (TPSA) is 32.3 Å². The van der Waals surface area contributed by atoms with E-state index in [-0.39, 0.29) is 11.9 Å². The SMILES string of the molecule is CC1CC(=O)N(Cc2ccccc2)c2ccccc2N1. The van der Waals surface area contributed by atoms with E-state index in [4.69, 9.17) is 0 Å². The maximum absolute atomic E-state index is 12.5. The fourth-order valence-electron chi connectivity index (χ4n) is 2.59. The molecule has 102 valence electrons. The Morgan fingerprint density at radius 2 is 1.80 bits per heavy atom. The lowest BCUT2D eigenvalue weighted by Crippen LogP contribution is -2.31. The number of amides is 1. The molecule has 0 aromatic heterocycles. The number of para-hydroxylation sites is 2. The molecule has 1 amide bonds. The molecule has 2 aromatic rings. The number of hydrogen-bond acceptors (Lipinski definition) is 2. The molecule has 0 saturated carbocycles. The number of nitrogens with one attached hydrogen (secondary N) is 1. The standard InChI is InChI=1S/C17H18N2O/c1-13-11-17(20)19(12-14-7-3-2-4-8-14)16-10-6-5-9-15(16)18-13/h2-10,13,18H,11-12H2,1H3. The van der Waals surface area contributed by atoms with Crippen LogP contribution in [0.3, 0.4) is 0 Å². The van der Waals surface area contributed by atoms with E-state index < -0.39 is 0 Å². The smallest absolute Gasteiger partial charge is 0.229 e. The number of nitrogens with zero attached hydrogens (tertiary/aromatic N) is 1. The Morgan fingerprint density at radius 1 is 1.10 bits per heavy atom. The molecular weight excluding hydrogens is 248 g/mol. The molecule has 1 N–H and O–H groups in total. The first-order valence-electron chi connectivity index (χ1n) is 6.94. The summed E-state index contributed by atoms with van der Waals surface area (Å²) in [4.78, 5) is 14.4. The zero-order chi connectivity index (χ0) is 13.9. The molecule has 0 saturated heterocycles. The summed E-state index contributed by atoms with van der Waals surface area (Å²) in [5, 5.41) is 3.41. The van der Waals surface area contributed by atoms with Crippen molar-refractivity contribution in [3.8, 4) is 0 Å². The van der Waals surface area contributed by atoms with Gasteiger partial charge in [0.05, 0.1) is 17.9 Å². The van der Waals surface area contributed by atoms with E-state index in [1.807, 2.05) is 54.3 Å². The minimum atomic E-state index is 0.157. The summed E-state index contributed by atoms with van der Waals surface area (Å²) in [6.45, 7) is 2.66. The highest BCUT2D eigenvalue weighted by Gasteiger charge is 2.24. The van der Waals surface area contributed by atoms with Gasteiger partial charge in [-0.1, -0.05) is 42.5 Å². The maximum Gasteiger partial charge on any atom is 0.229 e. The maximum atomic E-state index is 12.5. The van der Waals surface area contributed by atoms with Crippen LogP contribution in [0.15, 0.2) is 54.6 Å². The van der Waals surface area contributed by atoms with Crippen LogP contribution in [-0.4, -0.2) is 11.9 Å². The predicted molar refractivity (Wildman–Crippen MR) is 81.8 cm³/mol. The average Bonchev–Trinajstić information content (AvgIpc) is 2.57. The number of hydrogen-bond donors (Lipinski definition) is 1. The van der Waals surface area contributed by atoms with Crippen LogP contribution in [0, 0.1) is 0 Å². The van der Waals surface area contributed by atoms with Crippen LogP contribution >= 0.6 is 0 Å². The van der Waals surface area contributed by atoms with Crippen LogP contribution in [0.5, 0.6) is 0 Å². The minimum Gasteiger partial charge on any atom is -0.380 e. The minimum absolute atomic E-state index is 0.157. The van der Waals surface area contributed by atoms with Gasteiger partial charge in [0, 0.05) is 12.5 Å². The van der Waals surface area contributed by atoms with Gasteiger partial charge in [-0.25, -0.2) is 0 Å². The van der Waals surface area contributed by atoms with Crippen molar-refractivity contribution in [2.45, 2.75) is 25.9 Å². The summed E-state index contributed by atoms with van der Waals surface area (Å²) in [5.41, 5.74) is 3.14. The van der Waals surface area contributed by atoms with Crippen molar-refractivity contribution in [1.29, 1.82) is 0 Å². The number of fused-ring (bicyclic) bond motifs is 1. The van der Waals surface area contributed by atoms with Gasteiger partial charge in [0.2, 0.25) is 5.91 Å². The molecule has 0 aliphatic carbocycles. The Morgan fingerprint density at radius 3 is 2.60 bits per heavy atom. The fraction of sp³-hybridized carbons (Fsp3) is 0.235. The van der Waals surface area contributed by atoms with E-state index in [1.165, 1.54) is 0 Å². The van der Waals surface area contributed by atoms with E-state index >= 15 is 0 Å². The first-order valence-corrected chi connectivity index (χ1v) is 6.94. The van der Waals surface area contributed by atoms with Crippen LogP contribution in [0.25, 0.3) is 0 Å². The van der Waals surface area contributed by atoms with E-state index in [2.05, 4.69) is 17.4 Å². The number of rotatable bonds is 2. The molecule has 3 heteroatoms. The Kier molecular flexibility index (Phi) is 3.42. The fourth-order valence-corrected chi connectivity index (χ4v) is 2.59. The highest BCUT2D eigenvalue weighted by molar-refractivity contribution is 5.98. The third-order valence-electron chi connectivity index (χ3n) is 3.56. The Hall–Kier alpha value is -2.29. The molecule has 0 fully saturated rings. The number of carbonyl (C=O) groups is 1. The Labute approximate surface area is 119 Å². The second-order valence-electron chi connectivity index (χ2n) is 5.23. The molecular formula is C17H18N2O. The van der Waals surface area contributed by atoms with E-state index in [9.17, 15) is 4.79 Å². The van der Waals surface area contributed by atoms with Crippen molar-refractivity contribution >= 4 is 17.3 Å². The van der Waals surface area contributed by atoms with Crippen LogP contribution in [0.4, 0.5) is 11.4 Å². The normalized spacial score (nSPS) is 18.1. The van der Waals surface area contributed by atoms with Gasteiger partial charge in [0.1, 0.15) is 0 Å². The van der Waals surface area contributed by atoms with Crippen molar-refractivity contribution in [2.24, 2.45) is 0 Å². The third-order valence-corrected chi connectivity index (χ3v) is 3.56. The quantitative estimate of drug-likeness (QED) is 0.903. The summed E-state index contributed by atoms with van der Waals surface area (Å²) in [6.07, 6.45) is 0.515.